The number of thiophene rings is 1. The number of para-hydroxylation sites is 1. The molecule has 0 unspecified atom stereocenters. The number of rotatable bonds is 7. The number of nitrogens with one attached hydrogen (secondary N) is 1. The van der Waals surface area contributed by atoms with Gasteiger partial charge in [-0.05, 0) is 35.2 Å². The fraction of sp³-hybridized carbons (Fsp3) is 0.174. The van der Waals surface area contributed by atoms with Crippen molar-refractivity contribution in [2.24, 2.45) is 0 Å². The molecule has 5 heteroatoms. The number of hydrogen-bond donors (Lipinski definition) is 2. The molecule has 1 atom stereocenters. The van der Waals surface area contributed by atoms with Crippen LogP contribution in [0.4, 0.5) is 0 Å². The molecule has 0 spiro atoms. The quantitative estimate of drug-likeness (QED) is 0.451. The highest BCUT2D eigenvalue weighted by atomic mass is 32.1. The van der Waals surface area contributed by atoms with E-state index in [2.05, 4.69) is 59.4 Å². The van der Waals surface area contributed by atoms with Crippen molar-refractivity contribution in [1.29, 1.82) is 0 Å². The van der Waals surface area contributed by atoms with Gasteiger partial charge in [0.05, 0.1) is 5.52 Å². The molecule has 2 heterocycles. The third kappa shape index (κ3) is 3.72. The molecular weight excluding hydrogens is 368 g/mol. The van der Waals surface area contributed by atoms with Gasteiger partial charge in [-0.25, -0.2) is 4.79 Å². The first kappa shape index (κ1) is 18.5. The summed E-state index contributed by atoms with van der Waals surface area (Å²) in [6.07, 6.45) is 2.11. The van der Waals surface area contributed by atoms with E-state index in [0.29, 0.717) is 10.8 Å². The topological polar surface area (TPSA) is 54.3 Å². The molecule has 2 aromatic carbocycles. The zero-order valence-electron chi connectivity index (χ0n) is 15.6. The lowest BCUT2D eigenvalue weighted by molar-refractivity contribution is 0.0702. The van der Waals surface area contributed by atoms with E-state index in [1.165, 1.54) is 27.8 Å². The van der Waals surface area contributed by atoms with Crippen LogP contribution in [-0.4, -0.2) is 22.2 Å². The van der Waals surface area contributed by atoms with E-state index >= 15 is 0 Å². The minimum absolute atomic E-state index is 0.351. The summed E-state index contributed by atoms with van der Waals surface area (Å²) in [6.45, 7) is 3.89. The van der Waals surface area contributed by atoms with Crippen molar-refractivity contribution >= 4 is 28.2 Å². The van der Waals surface area contributed by atoms with Gasteiger partial charge < -0.3 is 15.0 Å². The zero-order valence-corrected chi connectivity index (χ0v) is 16.4. The average Bonchev–Trinajstić information content (AvgIpc) is 3.34. The van der Waals surface area contributed by atoms with E-state index < -0.39 is 5.97 Å². The number of carboxylic acids is 1. The van der Waals surface area contributed by atoms with Gasteiger partial charge in [-0.15, -0.1) is 11.3 Å². The Morgan fingerprint density at radius 2 is 1.82 bits per heavy atom. The number of fused-ring (bicyclic) bond motifs is 1. The van der Waals surface area contributed by atoms with Crippen LogP contribution in [0.1, 0.15) is 33.6 Å². The summed E-state index contributed by atoms with van der Waals surface area (Å²) in [5, 5.41) is 14.9. The molecular formula is C23H22N2O2S. The summed E-state index contributed by atoms with van der Waals surface area (Å²) < 4.78 is 2.09. The molecule has 2 N–H and O–H groups in total. The number of carbonyl (C=O) groups is 1. The van der Waals surface area contributed by atoms with Crippen LogP contribution < -0.4 is 5.32 Å². The minimum Gasteiger partial charge on any atom is -0.477 e. The number of aromatic carboxylic acids is 1. The second-order valence-corrected chi connectivity index (χ2v) is 7.99. The lowest BCUT2D eigenvalue weighted by atomic mass is 10.0. The lowest BCUT2D eigenvalue weighted by Gasteiger charge is -2.12. The maximum absolute atomic E-state index is 11.2. The van der Waals surface area contributed by atoms with Gasteiger partial charge in [-0.2, -0.15) is 0 Å². The maximum Gasteiger partial charge on any atom is 0.345 e. The second kappa shape index (κ2) is 8.00. The van der Waals surface area contributed by atoms with Crippen LogP contribution in [-0.2, 0) is 6.54 Å². The van der Waals surface area contributed by atoms with Crippen LogP contribution in [0.3, 0.4) is 0 Å². The summed E-state index contributed by atoms with van der Waals surface area (Å²) >= 11 is 1.29. The smallest absolute Gasteiger partial charge is 0.345 e. The Hall–Kier alpha value is -2.89. The van der Waals surface area contributed by atoms with Crippen LogP contribution in [0.5, 0.6) is 0 Å². The van der Waals surface area contributed by atoms with Gasteiger partial charge in [-0.1, -0.05) is 55.5 Å². The van der Waals surface area contributed by atoms with E-state index in [1.54, 1.807) is 6.07 Å². The zero-order chi connectivity index (χ0) is 19.5. The largest absolute Gasteiger partial charge is 0.477 e. The highest BCUT2D eigenvalue weighted by molar-refractivity contribution is 7.16. The lowest BCUT2D eigenvalue weighted by Crippen LogP contribution is -2.19. The Morgan fingerprint density at radius 3 is 2.57 bits per heavy atom. The molecule has 2 aromatic heterocycles. The first-order chi connectivity index (χ1) is 13.6. The number of aromatic nitrogens is 1. The maximum atomic E-state index is 11.2. The first-order valence-electron chi connectivity index (χ1n) is 9.31. The molecule has 4 aromatic rings. The van der Waals surface area contributed by atoms with Gasteiger partial charge in [-0.3, -0.25) is 0 Å². The fourth-order valence-corrected chi connectivity index (χ4v) is 4.30. The molecule has 4 nitrogen and oxygen atoms in total. The molecule has 0 aliphatic heterocycles. The Balaban J connectivity index is 1.55. The normalized spacial score (nSPS) is 12.3. The van der Waals surface area contributed by atoms with E-state index in [1.807, 2.05) is 24.3 Å². The van der Waals surface area contributed by atoms with Crippen molar-refractivity contribution < 1.29 is 9.90 Å². The predicted molar refractivity (Wildman–Crippen MR) is 115 cm³/mol. The summed E-state index contributed by atoms with van der Waals surface area (Å²) in [5.41, 5.74) is 3.63. The Kier molecular flexibility index (Phi) is 5.28. The van der Waals surface area contributed by atoms with E-state index in [9.17, 15) is 9.90 Å². The average molecular weight is 391 g/mol. The Bertz CT molecular complexity index is 1100. The van der Waals surface area contributed by atoms with Crippen molar-refractivity contribution in [3.05, 3.63) is 88.9 Å². The standard InChI is InChI=1S/C23H22N2O2S/c1-16(17-7-3-2-4-8-17)13-24-14-18-15-25(20-10-6-5-9-19(18)20)22-12-11-21(28-22)23(26)27/h2-12,15-16,24H,13-14H2,1H3,(H,26,27)/t16-/m0/s1. The number of carboxylic acid groups (broad SMARTS) is 1. The van der Waals surface area contributed by atoms with Gasteiger partial charge in [0.25, 0.3) is 0 Å². The molecule has 0 aliphatic rings. The molecule has 0 bridgehead atoms. The van der Waals surface area contributed by atoms with Crippen LogP contribution in [0.2, 0.25) is 0 Å². The second-order valence-electron chi connectivity index (χ2n) is 6.93. The molecule has 0 radical (unpaired) electrons. The van der Waals surface area contributed by atoms with Crippen molar-refractivity contribution in [3.63, 3.8) is 0 Å². The number of benzene rings is 2. The predicted octanol–water partition coefficient (Wildman–Crippen LogP) is 5.28. The molecule has 0 amide bonds. The SMILES string of the molecule is C[C@@H](CNCc1cn(-c2ccc(C(=O)O)s2)c2ccccc12)c1ccccc1. The van der Waals surface area contributed by atoms with Crippen LogP contribution in [0.15, 0.2) is 72.9 Å². The van der Waals surface area contributed by atoms with Crippen LogP contribution in [0, 0.1) is 0 Å². The molecule has 0 fully saturated rings. The van der Waals surface area contributed by atoms with Crippen molar-refractivity contribution in [3.8, 4) is 5.00 Å². The van der Waals surface area contributed by atoms with Gasteiger partial charge in [0.15, 0.2) is 0 Å². The molecule has 0 saturated heterocycles. The monoisotopic (exact) mass is 390 g/mol. The van der Waals surface area contributed by atoms with Crippen LogP contribution in [0.25, 0.3) is 15.9 Å². The van der Waals surface area contributed by atoms with Gasteiger partial charge in [0.2, 0.25) is 0 Å². The van der Waals surface area contributed by atoms with Crippen LogP contribution >= 0.6 is 11.3 Å². The van der Waals surface area contributed by atoms with Crippen molar-refractivity contribution in [2.45, 2.75) is 19.4 Å². The van der Waals surface area contributed by atoms with Gasteiger partial charge in [0, 0.05) is 24.7 Å². The first-order valence-corrected chi connectivity index (χ1v) is 10.1. The van der Waals surface area contributed by atoms with Gasteiger partial charge >= 0.3 is 5.97 Å². The van der Waals surface area contributed by atoms with E-state index in [0.717, 1.165) is 23.6 Å². The number of hydrogen-bond acceptors (Lipinski definition) is 3. The summed E-state index contributed by atoms with van der Waals surface area (Å²) in [4.78, 5) is 11.6. The Morgan fingerprint density at radius 1 is 1.07 bits per heavy atom. The summed E-state index contributed by atoms with van der Waals surface area (Å²) in [7, 11) is 0. The molecule has 0 saturated carbocycles. The summed E-state index contributed by atoms with van der Waals surface area (Å²) in [6, 6.07) is 22.3. The summed E-state index contributed by atoms with van der Waals surface area (Å²) in [5.74, 6) is -0.450. The minimum atomic E-state index is -0.885. The molecule has 142 valence electrons. The third-order valence-corrected chi connectivity index (χ3v) is 6.04. The highest BCUT2D eigenvalue weighted by Gasteiger charge is 2.13. The highest BCUT2D eigenvalue weighted by Crippen LogP contribution is 2.29. The molecule has 0 aliphatic carbocycles. The molecule has 4 rings (SSSR count). The third-order valence-electron chi connectivity index (χ3n) is 4.97. The molecule has 28 heavy (non-hydrogen) atoms. The van der Waals surface area contributed by atoms with Crippen molar-refractivity contribution in [1.82, 2.24) is 9.88 Å². The fourth-order valence-electron chi connectivity index (χ4n) is 3.47. The van der Waals surface area contributed by atoms with E-state index in [-0.39, 0.29) is 0 Å². The van der Waals surface area contributed by atoms with Crippen molar-refractivity contribution in [2.75, 3.05) is 6.54 Å². The van der Waals surface area contributed by atoms with Gasteiger partial charge in [0.1, 0.15) is 9.88 Å². The Labute approximate surface area is 168 Å². The number of nitrogens with zero attached hydrogens (tertiary/aromatic N) is 1. The van der Waals surface area contributed by atoms with E-state index in [4.69, 9.17) is 0 Å².